The van der Waals surface area contributed by atoms with Gasteiger partial charge in [0.1, 0.15) is 0 Å². The minimum Gasteiger partial charge on any atom is -0.481 e. The SMILES string of the molecule is COc1cc(NC(=O)c2ccc(C)c(Br)c2)nn1C. The van der Waals surface area contributed by atoms with Gasteiger partial charge in [-0.05, 0) is 24.6 Å². The Morgan fingerprint density at radius 3 is 2.74 bits per heavy atom. The number of carbonyl (C=O) groups is 1. The molecule has 100 valence electrons. The monoisotopic (exact) mass is 323 g/mol. The van der Waals surface area contributed by atoms with Crippen molar-refractivity contribution in [2.75, 3.05) is 12.4 Å². The van der Waals surface area contributed by atoms with Gasteiger partial charge in [-0.2, -0.15) is 5.10 Å². The molecule has 1 aromatic carbocycles. The molecule has 0 aliphatic rings. The van der Waals surface area contributed by atoms with Crippen molar-refractivity contribution in [3.05, 3.63) is 39.9 Å². The van der Waals surface area contributed by atoms with Crippen LogP contribution in [0.3, 0.4) is 0 Å². The van der Waals surface area contributed by atoms with E-state index in [0.29, 0.717) is 17.3 Å². The molecule has 0 saturated heterocycles. The topological polar surface area (TPSA) is 56.1 Å². The third-order valence-electron chi connectivity index (χ3n) is 2.72. The van der Waals surface area contributed by atoms with Crippen LogP contribution in [-0.4, -0.2) is 22.8 Å². The van der Waals surface area contributed by atoms with Crippen LogP contribution in [0.5, 0.6) is 5.88 Å². The summed E-state index contributed by atoms with van der Waals surface area (Å²) < 4.78 is 7.55. The maximum absolute atomic E-state index is 12.1. The molecule has 0 saturated carbocycles. The van der Waals surface area contributed by atoms with E-state index >= 15 is 0 Å². The molecule has 5 nitrogen and oxygen atoms in total. The molecule has 19 heavy (non-hydrogen) atoms. The molecular formula is C13H14BrN3O2. The second-order valence-electron chi connectivity index (χ2n) is 4.11. The summed E-state index contributed by atoms with van der Waals surface area (Å²) >= 11 is 3.41. The average Bonchev–Trinajstić information content (AvgIpc) is 2.72. The molecule has 0 unspecified atom stereocenters. The third-order valence-corrected chi connectivity index (χ3v) is 3.58. The molecule has 1 aromatic heterocycles. The minimum absolute atomic E-state index is 0.207. The Hall–Kier alpha value is -1.82. The van der Waals surface area contributed by atoms with E-state index in [1.165, 1.54) is 0 Å². The molecule has 1 amide bonds. The van der Waals surface area contributed by atoms with Crippen molar-refractivity contribution in [3.8, 4) is 5.88 Å². The van der Waals surface area contributed by atoms with E-state index in [1.54, 1.807) is 37.0 Å². The number of halogens is 1. The molecule has 0 aliphatic carbocycles. The standard InChI is InChI=1S/C13H14BrN3O2/c1-8-4-5-9(6-10(8)14)13(18)15-11-7-12(19-3)17(2)16-11/h4-7H,1-3H3,(H,15,16,18). The molecule has 0 atom stereocenters. The van der Waals surface area contributed by atoms with Gasteiger partial charge in [-0.1, -0.05) is 22.0 Å². The van der Waals surface area contributed by atoms with Gasteiger partial charge in [-0.3, -0.25) is 4.79 Å². The zero-order chi connectivity index (χ0) is 14.0. The van der Waals surface area contributed by atoms with E-state index in [2.05, 4.69) is 26.3 Å². The van der Waals surface area contributed by atoms with Crippen LogP contribution in [0, 0.1) is 6.92 Å². The smallest absolute Gasteiger partial charge is 0.256 e. The number of benzene rings is 1. The van der Waals surface area contributed by atoms with Gasteiger partial charge in [-0.15, -0.1) is 0 Å². The first kappa shape index (κ1) is 13.6. The van der Waals surface area contributed by atoms with Crippen molar-refractivity contribution < 1.29 is 9.53 Å². The Bertz CT molecular complexity index is 622. The fourth-order valence-corrected chi connectivity index (χ4v) is 2.00. The molecule has 1 N–H and O–H groups in total. The Kier molecular flexibility index (Phi) is 3.90. The van der Waals surface area contributed by atoms with E-state index < -0.39 is 0 Å². The summed E-state index contributed by atoms with van der Waals surface area (Å²) in [6, 6.07) is 7.11. The van der Waals surface area contributed by atoms with Crippen LogP contribution in [-0.2, 0) is 7.05 Å². The van der Waals surface area contributed by atoms with Crippen LogP contribution in [0.2, 0.25) is 0 Å². The van der Waals surface area contributed by atoms with Crippen molar-refractivity contribution in [1.29, 1.82) is 0 Å². The number of rotatable bonds is 3. The van der Waals surface area contributed by atoms with Crippen LogP contribution in [0.25, 0.3) is 0 Å². The molecule has 0 radical (unpaired) electrons. The normalized spacial score (nSPS) is 10.3. The van der Waals surface area contributed by atoms with E-state index in [1.807, 2.05) is 13.0 Å². The third kappa shape index (κ3) is 2.96. The van der Waals surface area contributed by atoms with Crippen molar-refractivity contribution in [2.45, 2.75) is 6.92 Å². The summed E-state index contributed by atoms with van der Waals surface area (Å²) in [4.78, 5) is 12.1. The summed E-state index contributed by atoms with van der Waals surface area (Å²) in [6.45, 7) is 1.97. The molecule has 1 heterocycles. The summed E-state index contributed by atoms with van der Waals surface area (Å²) in [7, 11) is 3.30. The van der Waals surface area contributed by atoms with E-state index in [0.717, 1.165) is 10.0 Å². The number of anilines is 1. The van der Waals surface area contributed by atoms with Crippen molar-refractivity contribution in [2.24, 2.45) is 7.05 Å². The minimum atomic E-state index is -0.207. The number of hydrogen-bond acceptors (Lipinski definition) is 3. The number of nitrogens with one attached hydrogen (secondary N) is 1. The van der Waals surface area contributed by atoms with Crippen LogP contribution in [0.4, 0.5) is 5.82 Å². The molecule has 0 fully saturated rings. The zero-order valence-corrected chi connectivity index (χ0v) is 12.5. The van der Waals surface area contributed by atoms with Crippen LogP contribution < -0.4 is 10.1 Å². The Labute approximate surface area is 119 Å². The predicted octanol–water partition coefficient (Wildman–Crippen LogP) is 2.75. The van der Waals surface area contributed by atoms with Gasteiger partial charge in [0, 0.05) is 23.2 Å². The Morgan fingerprint density at radius 1 is 1.42 bits per heavy atom. The second kappa shape index (κ2) is 5.44. The highest BCUT2D eigenvalue weighted by Gasteiger charge is 2.11. The zero-order valence-electron chi connectivity index (χ0n) is 10.9. The predicted molar refractivity (Wildman–Crippen MR) is 76.6 cm³/mol. The first-order chi connectivity index (χ1) is 9.01. The average molecular weight is 324 g/mol. The molecule has 2 aromatic rings. The van der Waals surface area contributed by atoms with Gasteiger partial charge in [0.2, 0.25) is 5.88 Å². The van der Waals surface area contributed by atoms with Crippen molar-refractivity contribution >= 4 is 27.7 Å². The number of aryl methyl sites for hydroxylation is 2. The molecule has 6 heteroatoms. The van der Waals surface area contributed by atoms with Gasteiger partial charge < -0.3 is 10.1 Å². The Balaban J connectivity index is 2.18. The highest BCUT2D eigenvalue weighted by atomic mass is 79.9. The van der Waals surface area contributed by atoms with Crippen LogP contribution in [0.15, 0.2) is 28.7 Å². The van der Waals surface area contributed by atoms with E-state index in [-0.39, 0.29) is 5.91 Å². The largest absolute Gasteiger partial charge is 0.481 e. The summed E-state index contributed by atoms with van der Waals surface area (Å²) in [5.41, 5.74) is 1.65. The summed E-state index contributed by atoms with van der Waals surface area (Å²) in [5, 5.41) is 6.86. The molecular weight excluding hydrogens is 310 g/mol. The maximum Gasteiger partial charge on any atom is 0.256 e. The molecule has 2 rings (SSSR count). The van der Waals surface area contributed by atoms with E-state index in [4.69, 9.17) is 4.74 Å². The quantitative estimate of drug-likeness (QED) is 0.944. The van der Waals surface area contributed by atoms with Crippen molar-refractivity contribution in [3.63, 3.8) is 0 Å². The Morgan fingerprint density at radius 2 is 2.16 bits per heavy atom. The molecule has 0 aliphatic heterocycles. The number of methoxy groups -OCH3 is 1. The van der Waals surface area contributed by atoms with Crippen LogP contribution >= 0.6 is 15.9 Å². The first-order valence-electron chi connectivity index (χ1n) is 5.67. The summed E-state index contributed by atoms with van der Waals surface area (Å²) in [5.74, 6) is 0.836. The lowest BCUT2D eigenvalue weighted by Crippen LogP contribution is -2.12. The lowest BCUT2D eigenvalue weighted by atomic mass is 10.1. The number of aromatic nitrogens is 2. The fourth-order valence-electron chi connectivity index (χ4n) is 1.62. The number of hydrogen-bond donors (Lipinski definition) is 1. The second-order valence-corrected chi connectivity index (χ2v) is 4.97. The van der Waals surface area contributed by atoms with Crippen LogP contribution in [0.1, 0.15) is 15.9 Å². The number of ether oxygens (including phenoxy) is 1. The van der Waals surface area contributed by atoms with Gasteiger partial charge in [0.25, 0.3) is 5.91 Å². The lowest BCUT2D eigenvalue weighted by Gasteiger charge is -2.04. The maximum atomic E-state index is 12.1. The number of nitrogens with zero attached hydrogens (tertiary/aromatic N) is 2. The van der Waals surface area contributed by atoms with Gasteiger partial charge in [0.05, 0.1) is 7.11 Å². The number of amides is 1. The van der Waals surface area contributed by atoms with E-state index in [9.17, 15) is 4.79 Å². The lowest BCUT2D eigenvalue weighted by molar-refractivity contribution is 0.102. The van der Waals surface area contributed by atoms with Gasteiger partial charge in [0.15, 0.2) is 5.82 Å². The summed E-state index contributed by atoms with van der Waals surface area (Å²) in [6.07, 6.45) is 0. The highest BCUT2D eigenvalue weighted by molar-refractivity contribution is 9.10. The highest BCUT2D eigenvalue weighted by Crippen LogP contribution is 2.19. The van der Waals surface area contributed by atoms with Crippen molar-refractivity contribution in [1.82, 2.24) is 9.78 Å². The fraction of sp³-hybridized carbons (Fsp3) is 0.231. The number of carbonyl (C=O) groups excluding carboxylic acids is 1. The first-order valence-corrected chi connectivity index (χ1v) is 6.46. The van der Waals surface area contributed by atoms with Gasteiger partial charge in [-0.25, -0.2) is 4.68 Å². The molecule has 0 bridgehead atoms. The van der Waals surface area contributed by atoms with Gasteiger partial charge >= 0.3 is 0 Å². The molecule has 0 spiro atoms.